The maximum atomic E-state index is 2.16. The largest absolute Gasteiger partial charge is 0.384 e. The molecule has 0 aliphatic heterocycles. The molecule has 1 heteroatoms. The highest BCUT2D eigenvalue weighted by atomic mass is 15.0. The molecule has 0 fully saturated rings. The van der Waals surface area contributed by atoms with Crippen LogP contribution in [0.5, 0.6) is 0 Å². The number of nitrogens with zero attached hydrogens (tertiary/aromatic N) is 1. The summed E-state index contributed by atoms with van der Waals surface area (Å²) in [5.41, 5.74) is 1.43. The summed E-state index contributed by atoms with van der Waals surface area (Å²) in [7, 11) is 4.08. The summed E-state index contributed by atoms with van der Waals surface area (Å²) in [4.78, 5) is 2.07. The van der Waals surface area contributed by atoms with Gasteiger partial charge in [-0.1, -0.05) is 12.5 Å². The molecule has 0 atom stereocenters. The van der Waals surface area contributed by atoms with Crippen LogP contribution in [0.15, 0.2) is 11.8 Å². The highest BCUT2D eigenvalue weighted by Gasteiger charge is 1.81. The third-order valence-corrected chi connectivity index (χ3v) is 1.04. The molecule has 0 aliphatic carbocycles. The Hall–Kier alpha value is -0.460. The molecule has 0 saturated heterocycles. The third kappa shape index (κ3) is 3.72. The summed E-state index contributed by atoms with van der Waals surface area (Å²) < 4.78 is 0. The van der Waals surface area contributed by atoms with Crippen molar-refractivity contribution in [2.75, 3.05) is 14.1 Å². The zero-order chi connectivity index (χ0) is 6.57. The smallest absolute Gasteiger partial charge is 0.00556 e. The number of allylic oxidation sites excluding steroid dienone is 1. The van der Waals surface area contributed by atoms with Crippen molar-refractivity contribution in [2.24, 2.45) is 0 Å². The van der Waals surface area contributed by atoms with Gasteiger partial charge in [-0.25, -0.2) is 0 Å². The normalized spacial score (nSPS) is 11.8. The Morgan fingerprint density at radius 3 is 2.12 bits per heavy atom. The summed E-state index contributed by atoms with van der Waals surface area (Å²) in [6.07, 6.45) is 3.29. The molecular weight excluding hydrogens is 98.1 g/mol. The number of hydrogen-bond acceptors (Lipinski definition) is 1. The van der Waals surface area contributed by atoms with Crippen LogP contribution < -0.4 is 0 Å². The number of rotatable bonds is 2. The predicted octanol–water partition coefficient (Wildman–Crippen LogP) is 1.86. The van der Waals surface area contributed by atoms with Gasteiger partial charge in [0.05, 0.1) is 0 Å². The van der Waals surface area contributed by atoms with Crippen molar-refractivity contribution in [1.82, 2.24) is 4.90 Å². The second-order valence-electron chi connectivity index (χ2n) is 2.29. The molecule has 8 heavy (non-hydrogen) atoms. The van der Waals surface area contributed by atoms with Crippen LogP contribution >= 0.6 is 0 Å². The van der Waals surface area contributed by atoms with Gasteiger partial charge >= 0.3 is 0 Å². The molecule has 48 valence electrons. The van der Waals surface area contributed by atoms with Crippen molar-refractivity contribution < 1.29 is 0 Å². The first-order valence-electron chi connectivity index (χ1n) is 3.00. The Bertz CT molecular complexity index is 82.4. The highest BCUT2D eigenvalue weighted by molar-refractivity contribution is 4.94. The molecule has 0 aromatic carbocycles. The topological polar surface area (TPSA) is 3.24 Å². The Kier molecular flexibility index (Phi) is 3.33. The van der Waals surface area contributed by atoms with Crippen molar-refractivity contribution in [3.05, 3.63) is 11.8 Å². The molecule has 0 amide bonds. The molecule has 0 radical (unpaired) electrons. The molecule has 0 saturated carbocycles. The third-order valence-electron chi connectivity index (χ3n) is 1.04. The van der Waals surface area contributed by atoms with Gasteiger partial charge in [0.15, 0.2) is 0 Å². The fourth-order valence-corrected chi connectivity index (χ4v) is 0.532. The van der Waals surface area contributed by atoms with Crippen LogP contribution in [-0.4, -0.2) is 19.0 Å². The second kappa shape index (κ2) is 3.53. The fraction of sp³-hybridized carbons (Fsp3) is 0.714. The van der Waals surface area contributed by atoms with Crippen LogP contribution in [-0.2, 0) is 0 Å². The lowest BCUT2D eigenvalue weighted by atomic mass is 10.2. The zero-order valence-corrected chi connectivity index (χ0v) is 6.23. The van der Waals surface area contributed by atoms with E-state index in [0.29, 0.717) is 0 Å². The molecule has 0 heterocycles. The fourth-order valence-electron chi connectivity index (χ4n) is 0.532. The SMILES string of the molecule is CC/C(C)=C\N(C)C. The summed E-state index contributed by atoms with van der Waals surface area (Å²) in [5.74, 6) is 0. The van der Waals surface area contributed by atoms with Crippen molar-refractivity contribution in [2.45, 2.75) is 20.3 Å². The molecule has 0 rings (SSSR count). The van der Waals surface area contributed by atoms with E-state index >= 15 is 0 Å². The molecule has 0 unspecified atom stereocenters. The molecule has 0 N–H and O–H groups in total. The first-order valence-corrected chi connectivity index (χ1v) is 3.00. The summed E-state index contributed by atoms with van der Waals surface area (Å²) >= 11 is 0. The summed E-state index contributed by atoms with van der Waals surface area (Å²) in [5, 5.41) is 0. The van der Waals surface area contributed by atoms with Gasteiger partial charge < -0.3 is 4.90 Å². The molecule has 0 aromatic rings. The van der Waals surface area contributed by atoms with Gasteiger partial charge in [0.25, 0.3) is 0 Å². The Morgan fingerprint density at radius 2 is 2.00 bits per heavy atom. The zero-order valence-electron chi connectivity index (χ0n) is 6.23. The Labute approximate surface area is 52.0 Å². The van der Waals surface area contributed by atoms with E-state index in [0.717, 1.165) is 6.42 Å². The second-order valence-corrected chi connectivity index (χ2v) is 2.29. The van der Waals surface area contributed by atoms with Crippen LogP contribution in [0, 0.1) is 0 Å². The van der Waals surface area contributed by atoms with Gasteiger partial charge in [-0.2, -0.15) is 0 Å². The van der Waals surface area contributed by atoms with Gasteiger partial charge in [-0.3, -0.25) is 0 Å². The Morgan fingerprint density at radius 1 is 1.50 bits per heavy atom. The molecule has 1 nitrogen and oxygen atoms in total. The van der Waals surface area contributed by atoms with Gasteiger partial charge in [0, 0.05) is 14.1 Å². The molecule has 0 aliphatic rings. The first-order chi connectivity index (χ1) is 3.66. The van der Waals surface area contributed by atoms with Crippen LogP contribution in [0.4, 0.5) is 0 Å². The molecule has 0 spiro atoms. The minimum atomic E-state index is 1.15. The quantitative estimate of drug-likeness (QED) is 0.528. The average molecular weight is 113 g/mol. The molecular formula is C7H15N. The van der Waals surface area contributed by atoms with Gasteiger partial charge in [-0.05, 0) is 19.5 Å². The average Bonchev–Trinajstić information content (AvgIpc) is 1.65. The van der Waals surface area contributed by atoms with E-state index in [9.17, 15) is 0 Å². The number of hydrogen-bond donors (Lipinski definition) is 0. The lowest BCUT2D eigenvalue weighted by molar-refractivity contribution is 0.556. The first kappa shape index (κ1) is 7.54. The summed E-state index contributed by atoms with van der Waals surface area (Å²) in [6, 6.07) is 0. The molecule has 0 aromatic heterocycles. The van der Waals surface area contributed by atoms with Crippen LogP contribution in [0.25, 0.3) is 0 Å². The van der Waals surface area contributed by atoms with Crippen molar-refractivity contribution in [3.8, 4) is 0 Å². The predicted molar refractivity (Wildman–Crippen MR) is 37.7 cm³/mol. The van der Waals surface area contributed by atoms with E-state index in [2.05, 4.69) is 24.9 Å². The van der Waals surface area contributed by atoms with Gasteiger partial charge in [0.1, 0.15) is 0 Å². The van der Waals surface area contributed by atoms with Gasteiger partial charge in [0.2, 0.25) is 0 Å². The minimum absolute atomic E-state index is 1.15. The van der Waals surface area contributed by atoms with Crippen LogP contribution in [0.1, 0.15) is 20.3 Å². The van der Waals surface area contributed by atoms with E-state index in [-0.39, 0.29) is 0 Å². The highest BCUT2D eigenvalue weighted by Crippen LogP contribution is 1.97. The maximum Gasteiger partial charge on any atom is 0.00556 e. The minimum Gasteiger partial charge on any atom is -0.384 e. The van der Waals surface area contributed by atoms with E-state index in [1.807, 2.05) is 14.1 Å². The van der Waals surface area contributed by atoms with Crippen molar-refractivity contribution >= 4 is 0 Å². The lowest BCUT2D eigenvalue weighted by Gasteiger charge is -2.05. The van der Waals surface area contributed by atoms with E-state index in [4.69, 9.17) is 0 Å². The van der Waals surface area contributed by atoms with Crippen molar-refractivity contribution in [1.29, 1.82) is 0 Å². The molecule has 0 bridgehead atoms. The van der Waals surface area contributed by atoms with Gasteiger partial charge in [-0.15, -0.1) is 0 Å². The van der Waals surface area contributed by atoms with Crippen LogP contribution in [0.2, 0.25) is 0 Å². The summed E-state index contributed by atoms with van der Waals surface area (Å²) in [6.45, 7) is 4.30. The van der Waals surface area contributed by atoms with E-state index in [1.54, 1.807) is 0 Å². The Balaban J connectivity index is 3.56. The standard InChI is InChI=1S/C7H15N/c1-5-7(2)6-8(3)4/h6H,5H2,1-4H3/b7-6-. The monoisotopic (exact) mass is 113 g/mol. The lowest BCUT2D eigenvalue weighted by Crippen LogP contribution is -2.01. The van der Waals surface area contributed by atoms with E-state index < -0.39 is 0 Å². The van der Waals surface area contributed by atoms with E-state index in [1.165, 1.54) is 5.57 Å². The maximum absolute atomic E-state index is 2.16. The van der Waals surface area contributed by atoms with Crippen molar-refractivity contribution in [3.63, 3.8) is 0 Å². The van der Waals surface area contributed by atoms with Crippen LogP contribution in [0.3, 0.4) is 0 Å².